The van der Waals surface area contributed by atoms with Gasteiger partial charge in [-0.15, -0.1) is 0 Å². The SMILES string of the molecule is CS.Cc1sc(N(Cc2cccc(C(F)(F)F)c2)c2ccc(C#N)cc2)nc1NC=O. The zero-order valence-electron chi connectivity index (χ0n) is 16.6. The van der Waals surface area contributed by atoms with Crippen LogP contribution in [0.15, 0.2) is 48.5 Å². The van der Waals surface area contributed by atoms with Crippen LogP contribution in [-0.2, 0) is 17.5 Å². The molecule has 3 aromatic rings. The molecule has 0 aliphatic carbocycles. The summed E-state index contributed by atoms with van der Waals surface area (Å²) in [6.45, 7) is 1.91. The van der Waals surface area contributed by atoms with Gasteiger partial charge >= 0.3 is 6.18 Å². The number of hydrogen-bond donors (Lipinski definition) is 2. The molecule has 0 aliphatic rings. The van der Waals surface area contributed by atoms with Crippen molar-refractivity contribution in [2.75, 3.05) is 16.5 Å². The Labute approximate surface area is 187 Å². The van der Waals surface area contributed by atoms with Crippen LogP contribution in [-0.4, -0.2) is 17.6 Å². The fraction of sp³-hybridized carbons (Fsp3) is 0.190. The number of nitriles is 1. The molecule has 0 spiro atoms. The smallest absolute Gasteiger partial charge is 0.313 e. The monoisotopic (exact) mass is 464 g/mol. The molecule has 1 heterocycles. The third kappa shape index (κ3) is 6.23. The van der Waals surface area contributed by atoms with Gasteiger partial charge < -0.3 is 10.2 Å². The second-order valence-corrected chi connectivity index (χ2v) is 7.29. The van der Waals surface area contributed by atoms with E-state index in [0.717, 1.165) is 17.0 Å². The standard InChI is InChI=1S/C20H15F3N4OS.CH4S/c1-13-18(25-12-28)26-19(29-13)27(17-7-5-14(10-24)6-8-17)11-15-3-2-4-16(9-15)20(21,22)23;1-2/h2-9,12H,11H2,1H3,(H,25,28);2H,1H3. The normalized spacial score (nSPS) is 10.5. The molecule has 0 saturated carbocycles. The lowest BCUT2D eigenvalue weighted by Gasteiger charge is -2.22. The summed E-state index contributed by atoms with van der Waals surface area (Å²) in [5.41, 5.74) is 0.842. The minimum absolute atomic E-state index is 0.128. The summed E-state index contributed by atoms with van der Waals surface area (Å²) in [4.78, 5) is 17.7. The fourth-order valence-corrected chi connectivity index (χ4v) is 3.59. The van der Waals surface area contributed by atoms with Crippen molar-refractivity contribution in [2.24, 2.45) is 0 Å². The summed E-state index contributed by atoms with van der Waals surface area (Å²) in [6.07, 6.45) is -2.22. The van der Waals surface area contributed by atoms with E-state index in [2.05, 4.69) is 22.9 Å². The van der Waals surface area contributed by atoms with Gasteiger partial charge in [-0.1, -0.05) is 23.5 Å². The first-order valence-corrected chi connectivity index (χ1v) is 10.6. The van der Waals surface area contributed by atoms with Crippen LogP contribution in [0.5, 0.6) is 0 Å². The lowest BCUT2D eigenvalue weighted by Crippen LogP contribution is -2.17. The van der Waals surface area contributed by atoms with Gasteiger partial charge in [0.2, 0.25) is 6.41 Å². The van der Waals surface area contributed by atoms with E-state index in [1.165, 1.54) is 17.4 Å². The average Bonchev–Trinajstić information content (AvgIpc) is 3.13. The molecule has 0 bridgehead atoms. The van der Waals surface area contributed by atoms with Gasteiger partial charge in [-0.2, -0.15) is 31.1 Å². The number of halogens is 3. The molecule has 0 atom stereocenters. The number of rotatable bonds is 6. The topological polar surface area (TPSA) is 69.0 Å². The number of benzene rings is 2. The minimum atomic E-state index is -4.44. The second kappa shape index (κ2) is 10.8. The molecule has 0 radical (unpaired) electrons. The molecule has 5 nitrogen and oxygen atoms in total. The minimum Gasteiger partial charge on any atom is -0.313 e. The number of thiazole rings is 1. The molecule has 1 N–H and O–H groups in total. The first kappa shape index (κ1) is 24.2. The van der Waals surface area contributed by atoms with E-state index >= 15 is 0 Å². The van der Waals surface area contributed by atoms with Crippen LogP contribution in [0.3, 0.4) is 0 Å². The van der Waals surface area contributed by atoms with Crippen molar-refractivity contribution in [3.05, 3.63) is 70.1 Å². The van der Waals surface area contributed by atoms with Crippen molar-refractivity contribution in [1.82, 2.24) is 4.98 Å². The van der Waals surface area contributed by atoms with Gasteiger partial charge in [0.1, 0.15) is 5.82 Å². The highest BCUT2D eigenvalue weighted by atomic mass is 32.1. The third-order valence-electron chi connectivity index (χ3n) is 4.11. The Morgan fingerprint density at radius 1 is 1.23 bits per heavy atom. The Morgan fingerprint density at radius 2 is 1.90 bits per heavy atom. The van der Waals surface area contributed by atoms with Crippen LogP contribution < -0.4 is 10.2 Å². The van der Waals surface area contributed by atoms with Gasteiger partial charge in [-0.25, -0.2) is 4.98 Å². The Kier molecular flexibility index (Phi) is 8.47. The lowest BCUT2D eigenvalue weighted by atomic mass is 10.1. The van der Waals surface area contributed by atoms with Crippen LogP contribution >= 0.6 is 24.0 Å². The second-order valence-electron chi connectivity index (χ2n) is 6.11. The van der Waals surface area contributed by atoms with Gasteiger partial charge in [0.15, 0.2) is 5.13 Å². The largest absolute Gasteiger partial charge is 0.416 e. The number of aromatic nitrogens is 1. The summed E-state index contributed by atoms with van der Waals surface area (Å²) < 4.78 is 39.2. The van der Waals surface area contributed by atoms with E-state index in [9.17, 15) is 18.0 Å². The summed E-state index contributed by atoms with van der Waals surface area (Å²) in [5.74, 6) is 0.391. The molecule has 0 saturated heterocycles. The highest BCUT2D eigenvalue weighted by Gasteiger charge is 2.30. The van der Waals surface area contributed by atoms with Crippen LogP contribution in [0.4, 0.5) is 29.8 Å². The molecule has 31 heavy (non-hydrogen) atoms. The molecule has 0 fully saturated rings. The molecule has 10 heteroatoms. The Morgan fingerprint density at radius 3 is 2.48 bits per heavy atom. The Balaban J connectivity index is 0.00000166. The number of carbonyl (C=O) groups excluding carboxylic acids is 1. The van der Waals surface area contributed by atoms with Crippen molar-refractivity contribution < 1.29 is 18.0 Å². The van der Waals surface area contributed by atoms with Gasteiger partial charge in [0.05, 0.1) is 23.7 Å². The molecule has 162 valence electrons. The number of nitrogens with one attached hydrogen (secondary N) is 1. The Bertz CT molecular complexity index is 1060. The number of carbonyl (C=O) groups is 1. The molecule has 1 amide bonds. The van der Waals surface area contributed by atoms with Gasteiger partial charge in [-0.3, -0.25) is 4.79 Å². The van der Waals surface area contributed by atoms with Gasteiger partial charge in [0, 0.05) is 10.6 Å². The summed E-state index contributed by atoms with van der Waals surface area (Å²) >= 11 is 4.83. The van der Waals surface area contributed by atoms with Gasteiger partial charge in [0.25, 0.3) is 0 Å². The number of hydrogen-bond acceptors (Lipinski definition) is 6. The van der Waals surface area contributed by atoms with Crippen LogP contribution in [0.1, 0.15) is 21.6 Å². The van der Waals surface area contributed by atoms with E-state index in [-0.39, 0.29) is 6.54 Å². The summed E-state index contributed by atoms with van der Waals surface area (Å²) in [6, 6.07) is 13.8. The van der Waals surface area contributed by atoms with E-state index in [0.29, 0.717) is 34.2 Å². The average molecular weight is 465 g/mol. The maximum Gasteiger partial charge on any atom is 0.416 e. The van der Waals surface area contributed by atoms with E-state index < -0.39 is 11.7 Å². The number of nitrogens with zero attached hydrogens (tertiary/aromatic N) is 3. The number of alkyl halides is 3. The Hall–Kier alpha value is -3.03. The van der Waals surface area contributed by atoms with Crippen molar-refractivity contribution in [3.63, 3.8) is 0 Å². The van der Waals surface area contributed by atoms with Crippen LogP contribution in [0, 0.1) is 18.3 Å². The lowest BCUT2D eigenvalue weighted by molar-refractivity contribution is -0.137. The van der Waals surface area contributed by atoms with Crippen molar-refractivity contribution in [2.45, 2.75) is 19.6 Å². The highest BCUT2D eigenvalue weighted by molar-refractivity contribution is 7.79. The molecule has 0 aliphatic heterocycles. The molecule has 1 aromatic heterocycles. The number of aryl methyl sites for hydroxylation is 1. The van der Waals surface area contributed by atoms with Crippen molar-refractivity contribution in [1.29, 1.82) is 5.26 Å². The van der Waals surface area contributed by atoms with Crippen LogP contribution in [0.2, 0.25) is 0 Å². The van der Waals surface area contributed by atoms with Crippen LogP contribution in [0.25, 0.3) is 0 Å². The molecule has 3 rings (SSSR count). The number of amides is 1. The first-order valence-electron chi connectivity index (χ1n) is 8.88. The maximum absolute atomic E-state index is 13.1. The van der Waals surface area contributed by atoms with E-state index in [1.54, 1.807) is 48.4 Å². The maximum atomic E-state index is 13.1. The zero-order chi connectivity index (χ0) is 23.0. The zero-order valence-corrected chi connectivity index (χ0v) is 18.4. The fourth-order valence-electron chi connectivity index (χ4n) is 2.70. The summed E-state index contributed by atoms with van der Waals surface area (Å²) in [7, 11) is 0. The summed E-state index contributed by atoms with van der Waals surface area (Å²) in [5, 5.41) is 12.0. The van der Waals surface area contributed by atoms with Crippen molar-refractivity contribution >= 4 is 47.0 Å². The number of thiol groups is 1. The quantitative estimate of drug-likeness (QED) is 0.358. The highest BCUT2D eigenvalue weighted by Crippen LogP contribution is 2.36. The van der Waals surface area contributed by atoms with E-state index in [4.69, 9.17) is 5.26 Å². The predicted molar refractivity (Wildman–Crippen MR) is 120 cm³/mol. The molecular weight excluding hydrogens is 445 g/mol. The predicted octanol–water partition coefficient (Wildman–Crippen LogP) is 5.79. The first-order chi connectivity index (χ1) is 14.8. The van der Waals surface area contributed by atoms with Crippen molar-refractivity contribution in [3.8, 4) is 6.07 Å². The third-order valence-corrected chi connectivity index (χ3v) is 5.11. The van der Waals surface area contributed by atoms with E-state index in [1.807, 2.05) is 6.07 Å². The van der Waals surface area contributed by atoms with Gasteiger partial charge in [-0.05, 0) is 55.1 Å². The number of anilines is 3. The molecule has 2 aromatic carbocycles. The molecular formula is C21H19F3N4OS2. The molecule has 0 unspecified atom stereocenters.